The van der Waals surface area contributed by atoms with Gasteiger partial charge < -0.3 is 85.1 Å². The molecule has 0 aromatic carbocycles. The average molecular weight is 714 g/mol. The van der Waals surface area contributed by atoms with E-state index in [-0.39, 0.29) is 19.0 Å². The van der Waals surface area contributed by atoms with Gasteiger partial charge in [-0.2, -0.15) is 0 Å². The second-order valence-corrected chi connectivity index (χ2v) is 12.5. The Morgan fingerprint density at radius 2 is 1.33 bits per heavy atom. The second kappa shape index (κ2) is 20.4. The van der Waals surface area contributed by atoms with E-state index < -0.39 is 118 Å². The number of ether oxygens (including phenoxy) is 7. The molecule has 3 aliphatic rings. The first-order valence-electron chi connectivity index (χ1n) is 16.7. The van der Waals surface area contributed by atoms with Gasteiger partial charge in [0, 0.05) is 13.5 Å². The number of amides is 1. The summed E-state index contributed by atoms with van der Waals surface area (Å²) in [6.07, 6.45) is -16.5. The van der Waals surface area contributed by atoms with E-state index >= 15 is 0 Å². The molecule has 3 saturated heterocycles. The van der Waals surface area contributed by atoms with Crippen LogP contribution in [-0.2, 0) is 38.0 Å². The van der Waals surface area contributed by atoms with Crippen LogP contribution < -0.4 is 11.1 Å². The summed E-state index contributed by atoms with van der Waals surface area (Å²) in [5, 5.41) is 94.5. The van der Waals surface area contributed by atoms with E-state index in [1.54, 1.807) is 0 Å². The van der Waals surface area contributed by atoms with Crippen LogP contribution in [0.4, 0.5) is 0 Å². The highest BCUT2D eigenvalue weighted by Gasteiger charge is 2.54. The zero-order chi connectivity index (χ0) is 36.2. The molecule has 0 saturated carbocycles. The number of carbonyl (C=O) groups is 1. The Labute approximate surface area is 284 Å². The van der Waals surface area contributed by atoms with Gasteiger partial charge in [-0.05, 0) is 6.42 Å². The zero-order valence-corrected chi connectivity index (χ0v) is 27.9. The predicted molar refractivity (Wildman–Crippen MR) is 166 cm³/mol. The van der Waals surface area contributed by atoms with Crippen molar-refractivity contribution < 1.29 is 78.8 Å². The third-order valence-electron chi connectivity index (χ3n) is 8.62. The molecule has 3 heterocycles. The van der Waals surface area contributed by atoms with Crippen LogP contribution in [0, 0.1) is 5.41 Å². The third kappa shape index (κ3) is 11.4. The topological polar surface area (TPSA) is 305 Å². The van der Waals surface area contributed by atoms with E-state index in [1.165, 1.54) is 6.92 Å². The maximum absolute atomic E-state index is 12.1. The molecule has 0 unspecified atom stereocenters. The van der Waals surface area contributed by atoms with Crippen molar-refractivity contribution in [2.75, 3.05) is 33.0 Å². The van der Waals surface area contributed by atoms with E-state index in [0.29, 0.717) is 6.42 Å². The quantitative estimate of drug-likeness (QED) is 0.0344. The molecule has 49 heavy (non-hydrogen) atoms. The van der Waals surface area contributed by atoms with Gasteiger partial charge in [0.1, 0.15) is 85.6 Å². The van der Waals surface area contributed by atoms with Crippen LogP contribution in [0.25, 0.3) is 0 Å². The van der Waals surface area contributed by atoms with Gasteiger partial charge in [0.2, 0.25) is 5.91 Å². The van der Waals surface area contributed by atoms with Crippen LogP contribution in [0.1, 0.15) is 52.4 Å². The molecular weight excluding hydrogens is 658 g/mol. The molecule has 286 valence electrons. The number of hydrogen-bond acceptors (Lipinski definition) is 17. The van der Waals surface area contributed by atoms with E-state index in [9.17, 15) is 45.6 Å². The molecule has 0 bridgehead atoms. The fourth-order valence-corrected chi connectivity index (χ4v) is 5.94. The van der Waals surface area contributed by atoms with Gasteiger partial charge in [0.05, 0.1) is 19.8 Å². The van der Waals surface area contributed by atoms with Crippen molar-refractivity contribution in [2.24, 2.45) is 5.73 Å². The molecule has 0 spiro atoms. The Morgan fingerprint density at radius 1 is 0.735 bits per heavy atom. The summed E-state index contributed by atoms with van der Waals surface area (Å²) >= 11 is 0. The number of rotatable bonds is 19. The number of unbranched alkanes of at least 4 members (excludes halogenated alkanes) is 5. The SMILES string of the molecule is CCCCCCCCO[C@@H]1O[C@H](CO)[C@@H](O[C@@H]2O[C@H](COCC(=N)N)[C@H](O)[C@H](O[C@H]3O[C@H](CO)[C@H](O)[C@H](O)[C@H]3O)[C@H]2O)[C@H](O)[C@H]1NC(C)=O. The Kier molecular flexibility index (Phi) is 17.4. The molecule has 0 aromatic heterocycles. The summed E-state index contributed by atoms with van der Waals surface area (Å²) in [5.41, 5.74) is 5.35. The van der Waals surface area contributed by atoms with Gasteiger partial charge in [0.25, 0.3) is 0 Å². The molecule has 19 nitrogen and oxygen atoms in total. The third-order valence-corrected chi connectivity index (χ3v) is 8.62. The summed E-state index contributed by atoms with van der Waals surface area (Å²) < 4.78 is 40.0. The molecule has 0 radical (unpaired) electrons. The Morgan fingerprint density at radius 3 is 1.96 bits per heavy atom. The minimum absolute atomic E-state index is 0.254. The molecule has 3 fully saturated rings. The van der Waals surface area contributed by atoms with Crippen molar-refractivity contribution in [1.29, 1.82) is 5.41 Å². The van der Waals surface area contributed by atoms with Crippen molar-refractivity contribution in [3.63, 3.8) is 0 Å². The molecule has 0 aliphatic carbocycles. The minimum atomic E-state index is -1.90. The molecule has 1 amide bonds. The Hall–Kier alpha value is -1.66. The number of carbonyl (C=O) groups excluding carboxylic acids is 1. The summed E-state index contributed by atoms with van der Waals surface area (Å²) in [7, 11) is 0. The molecule has 15 atom stereocenters. The first kappa shape index (κ1) is 41.8. The smallest absolute Gasteiger partial charge is 0.217 e. The minimum Gasteiger partial charge on any atom is -0.394 e. The highest BCUT2D eigenvalue weighted by Crippen LogP contribution is 2.33. The maximum atomic E-state index is 12.1. The van der Waals surface area contributed by atoms with E-state index in [4.69, 9.17) is 44.3 Å². The van der Waals surface area contributed by atoms with Gasteiger partial charge in [-0.1, -0.05) is 39.0 Å². The lowest BCUT2D eigenvalue weighted by atomic mass is 9.95. The normalized spacial score (nSPS) is 39.8. The first-order valence-corrected chi connectivity index (χ1v) is 16.7. The molecule has 19 heteroatoms. The monoisotopic (exact) mass is 713 g/mol. The van der Waals surface area contributed by atoms with Crippen LogP contribution in [0.5, 0.6) is 0 Å². The fraction of sp³-hybridized carbons (Fsp3) is 0.933. The number of nitrogens with two attached hydrogens (primary N) is 1. The predicted octanol–water partition coefficient (Wildman–Crippen LogP) is -4.08. The van der Waals surface area contributed by atoms with E-state index in [0.717, 1.165) is 32.1 Å². The molecule has 0 aromatic rings. The second-order valence-electron chi connectivity index (χ2n) is 12.5. The van der Waals surface area contributed by atoms with Crippen molar-refractivity contribution >= 4 is 11.7 Å². The highest BCUT2D eigenvalue weighted by molar-refractivity contribution is 5.78. The van der Waals surface area contributed by atoms with Crippen molar-refractivity contribution in [3.05, 3.63) is 0 Å². The van der Waals surface area contributed by atoms with Gasteiger partial charge in [-0.25, -0.2) is 0 Å². The van der Waals surface area contributed by atoms with Crippen molar-refractivity contribution in [3.8, 4) is 0 Å². The zero-order valence-electron chi connectivity index (χ0n) is 27.9. The number of amidine groups is 1. The first-order chi connectivity index (χ1) is 23.3. The van der Waals surface area contributed by atoms with Crippen LogP contribution in [0.15, 0.2) is 0 Å². The largest absolute Gasteiger partial charge is 0.394 e. The van der Waals surface area contributed by atoms with E-state index in [2.05, 4.69) is 12.2 Å². The molecule has 12 N–H and O–H groups in total. The summed E-state index contributed by atoms with van der Waals surface area (Å²) in [6.45, 7) is 1.38. The summed E-state index contributed by atoms with van der Waals surface area (Å²) in [6, 6.07) is -1.17. The lowest BCUT2D eigenvalue weighted by molar-refractivity contribution is -0.376. The van der Waals surface area contributed by atoms with Crippen molar-refractivity contribution in [2.45, 2.75) is 144 Å². The Balaban J connectivity index is 1.79. The molecule has 3 aliphatic heterocycles. The standard InChI is InChI=1S/C30H55N3O16/c1-3-4-5-6-7-8-9-44-28-19(33-14(2)36)22(39)26(16(11-35)46-28)48-30-25(42)27(21(38)17(47-30)12-43-13-18(31)32)49-29-24(41)23(40)20(37)15(10-34)45-29/h15-17,19-30,34-35,37-42H,3-13H2,1-2H3,(H3,31,32)(H,33,36)/t15-,16-,17-,19-,20+,21+,22-,23+,24-,25-,26-,27+,28-,29-,30+/m1/s1. The lowest BCUT2D eigenvalue weighted by Crippen LogP contribution is -2.68. The van der Waals surface area contributed by atoms with Crippen LogP contribution in [0.2, 0.25) is 0 Å². The van der Waals surface area contributed by atoms with Gasteiger partial charge >= 0.3 is 0 Å². The van der Waals surface area contributed by atoms with Crippen molar-refractivity contribution in [1.82, 2.24) is 5.32 Å². The number of nitrogens with one attached hydrogen (secondary N) is 2. The van der Waals surface area contributed by atoms with Crippen LogP contribution in [0.3, 0.4) is 0 Å². The number of aliphatic hydroxyl groups excluding tert-OH is 8. The summed E-state index contributed by atoms with van der Waals surface area (Å²) in [4.78, 5) is 12.1. The number of hydrogen-bond donors (Lipinski definition) is 11. The number of aliphatic hydroxyl groups is 8. The van der Waals surface area contributed by atoms with Crippen LogP contribution in [-0.4, -0.2) is 178 Å². The fourth-order valence-electron chi connectivity index (χ4n) is 5.94. The van der Waals surface area contributed by atoms with Gasteiger partial charge in [-0.15, -0.1) is 0 Å². The summed E-state index contributed by atoms with van der Waals surface area (Å²) in [5.74, 6) is -0.854. The molecular formula is C30H55N3O16. The highest BCUT2D eigenvalue weighted by atomic mass is 16.8. The van der Waals surface area contributed by atoms with E-state index in [1.807, 2.05) is 0 Å². The van der Waals surface area contributed by atoms with Gasteiger partial charge in [-0.3, -0.25) is 10.2 Å². The van der Waals surface area contributed by atoms with Gasteiger partial charge in [0.15, 0.2) is 18.9 Å². The molecule has 3 rings (SSSR count). The lowest BCUT2D eigenvalue weighted by Gasteiger charge is -2.49. The average Bonchev–Trinajstić information content (AvgIpc) is 3.06. The maximum Gasteiger partial charge on any atom is 0.217 e. The Bertz CT molecular complexity index is 999. The van der Waals surface area contributed by atoms with Crippen LogP contribution >= 0.6 is 0 Å².